The highest BCUT2D eigenvalue weighted by molar-refractivity contribution is 7.09. The molecule has 0 radical (unpaired) electrons. The van der Waals surface area contributed by atoms with Crippen LogP contribution in [-0.2, 0) is 13.1 Å². The Morgan fingerprint density at radius 1 is 1.30 bits per heavy atom. The second-order valence-corrected chi connectivity index (χ2v) is 7.33. The van der Waals surface area contributed by atoms with Gasteiger partial charge < -0.3 is 4.52 Å². The molecule has 0 aromatic carbocycles. The Kier molecular flexibility index (Phi) is 5.40. The molecule has 1 saturated heterocycles. The predicted molar refractivity (Wildman–Crippen MR) is 90.3 cm³/mol. The minimum atomic E-state index is 0.580. The zero-order valence-corrected chi connectivity index (χ0v) is 15.0. The van der Waals surface area contributed by atoms with Crippen molar-refractivity contribution in [3.63, 3.8) is 0 Å². The lowest BCUT2D eigenvalue weighted by Gasteiger charge is -2.26. The van der Waals surface area contributed by atoms with E-state index in [1.807, 2.05) is 6.92 Å². The van der Waals surface area contributed by atoms with Crippen molar-refractivity contribution in [2.24, 2.45) is 0 Å². The van der Waals surface area contributed by atoms with Gasteiger partial charge in [-0.05, 0) is 39.8 Å². The molecule has 7 heteroatoms. The molecule has 6 nitrogen and oxygen atoms in total. The summed E-state index contributed by atoms with van der Waals surface area (Å²) in [5.74, 6) is 1.42. The van der Waals surface area contributed by atoms with Crippen LogP contribution in [0.15, 0.2) is 9.90 Å². The molecule has 2 aromatic heterocycles. The molecule has 1 fully saturated rings. The monoisotopic (exact) mass is 335 g/mol. The summed E-state index contributed by atoms with van der Waals surface area (Å²) in [6, 6.07) is 0.580. The fourth-order valence-corrected chi connectivity index (χ4v) is 3.97. The van der Waals surface area contributed by atoms with Crippen LogP contribution in [0.1, 0.15) is 41.7 Å². The summed E-state index contributed by atoms with van der Waals surface area (Å²) in [5, 5.41) is 7.37. The van der Waals surface area contributed by atoms with Crippen molar-refractivity contribution in [3.8, 4) is 0 Å². The average Bonchev–Trinajstić information content (AvgIpc) is 3.02. The fourth-order valence-electron chi connectivity index (χ4n) is 3.16. The third-order valence-corrected chi connectivity index (χ3v) is 5.35. The summed E-state index contributed by atoms with van der Waals surface area (Å²) in [5.41, 5.74) is 1.13. The van der Waals surface area contributed by atoms with Gasteiger partial charge in [0.05, 0.1) is 13.1 Å². The number of aromatic nitrogens is 3. The Bertz CT molecular complexity index is 626. The van der Waals surface area contributed by atoms with Crippen LogP contribution in [0.4, 0.5) is 0 Å². The van der Waals surface area contributed by atoms with Crippen molar-refractivity contribution >= 4 is 11.3 Å². The summed E-state index contributed by atoms with van der Waals surface area (Å²) in [7, 11) is 2.16. The van der Waals surface area contributed by atoms with Crippen LogP contribution >= 0.6 is 11.3 Å². The van der Waals surface area contributed by atoms with E-state index >= 15 is 0 Å². The van der Waals surface area contributed by atoms with Crippen LogP contribution in [0.3, 0.4) is 0 Å². The molecule has 0 saturated carbocycles. The van der Waals surface area contributed by atoms with Crippen molar-refractivity contribution in [2.45, 2.75) is 52.2 Å². The van der Waals surface area contributed by atoms with Crippen molar-refractivity contribution < 1.29 is 4.52 Å². The first kappa shape index (κ1) is 16.5. The van der Waals surface area contributed by atoms with Gasteiger partial charge in [0.1, 0.15) is 5.01 Å². The van der Waals surface area contributed by atoms with Gasteiger partial charge >= 0.3 is 0 Å². The second kappa shape index (κ2) is 7.51. The number of hydrogen-bond donors (Lipinski definition) is 0. The van der Waals surface area contributed by atoms with Gasteiger partial charge in [0, 0.05) is 30.6 Å². The number of nitrogens with zero attached hydrogens (tertiary/aromatic N) is 5. The van der Waals surface area contributed by atoms with Gasteiger partial charge in [-0.1, -0.05) is 5.16 Å². The van der Waals surface area contributed by atoms with E-state index in [9.17, 15) is 0 Å². The Morgan fingerprint density at radius 3 is 2.87 bits per heavy atom. The molecule has 23 heavy (non-hydrogen) atoms. The molecule has 3 rings (SSSR count). The lowest BCUT2D eigenvalue weighted by atomic mass is 10.1. The molecule has 0 spiro atoms. The molecule has 1 aliphatic heterocycles. The highest BCUT2D eigenvalue weighted by Crippen LogP contribution is 2.20. The highest BCUT2D eigenvalue weighted by Gasteiger charge is 2.22. The minimum absolute atomic E-state index is 0.580. The molecule has 0 bridgehead atoms. The van der Waals surface area contributed by atoms with Gasteiger partial charge in [-0.15, -0.1) is 11.3 Å². The van der Waals surface area contributed by atoms with Gasteiger partial charge in [0.2, 0.25) is 5.89 Å². The standard InChI is InChI=1S/C16H25N5OS/c1-12-11-23-16(17-12)10-21-7-4-5-14(6-8-21)20(3)9-15-18-13(2)22-19-15/h11,14H,4-10H2,1-3H3/t14-/m0/s1. The lowest BCUT2D eigenvalue weighted by molar-refractivity contribution is 0.200. The molecule has 3 heterocycles. The van der Waals surface area contributed by atoms with E-state index in [0.717, 1.165) is 37.7 Å². The van der Waals surface area contributed by atoms with E-state index in [1.54, 1.807) is 11.3 Å². The summed E-state index contributed by atoms with van der Waals surface area (Å²) in [6.45, 7) is 7.92. The first-order valence-corrected chi connectivity index (χ1v) is 9.11. The number of hydrogen-bond acceptors (Lipinski definition) is 7. The Morgan fingerprint density at radius 2 is 2.17 bits per heavy atom. The van der Waals surface area contributed by atoms with E-state index in [2.05, 4.69) is 44.3 Å². The quantitative estimate of drug-likeness (QED) is 0.837. The number of rotatable bonds is 5. The van der Waals surface area contributed by atoms with Crippen LogP contribution in [0.5, 0.6) is 0 Å². The maximum atomic E-state index is 5.06. The Hall–Kier alpha value is -1.31. The van der Waals surface area contributed by atoms with Crippen LogP contribution in [0, 0.1) is 13.8 Å². The molecule has 1 aliphatic rings. The van der Waals surface area contributed by atoms with E-state index in [1.165, 1.54) is 24.3 Å². The molecule has 0 amide bonds. The molecule has 0 unspecified atom stereocenters. The predicted octanol–water partition coefficient (Wildman–Crippen LogP) is 2.63. The molecule has 126 valence electrons. The largest absolute Gasteiger partial charge is 0.340 e. The summed E-state index contributed by atoms with van der Waals surface area (Å²) in [6.07, 6.45) is 3.63. The maximum absolute atomic E-state index is 5.06. The van der Waals surface area contributed by atoms with E-state index in [0.29, 0.717) is 11.9 Å². The first-order valence-electron chi connectivity index (χ1n) is 8.23. The SMILES string of the molecule is Cc1csc(CN2CCC[C@H](N(C)Cc3noc(C)n3)CC2)n1. The van der Waals surface area contributed by atoms with Gasteiger partial charge in [-0.2, -0.15) is 4.98 Å². The second-order valence-electron chi connectivity index (χ2n) is 6.39. The maximum Gasteiger partial charge on any atom is 0.223 e. The smallest absolute Gasteiger partial charge is 0.223 e. The average molecular weight is 335 g/mol. The molecular formula is C16H25N5OS. The normalized spacial score (nSPS) is 20.1. The van der Waals surface area contributed by atoms with Crippen molar-refractivity contribution in [3.05, 3.63) is 27.8 Å². The lowest BCUT2D eigenvalue weighted by Crippen LogP contribution is -2.33. The zero-order valence-electron chi connectivity index (χ0n) is 14.2. The topological polar surface area (TPSA) is 58.3 Å². The number of likely N-dealkylation sites (tertiary alicyclic amines) is 1. The van der Waals surface area contributed by atoms with Crippen molar-refractivity contribution in [2.75, 3.05) is 20.1 Å². The van der Waals surface area contributed by atoms with Crippen LogP contribution in [-0.4, -0.2) is 51.1 Å². The Labute approximate surface area is 141 Å². The molecule has 0 aliphatic carbocycles. The molecule has 0 N–H and O–H groups in total. The van der Waals surface area contributed by atoms with E-state index < -0.39 is 0 Å². The molecule has 2 aromatic rings. The fraction of sp³-hybridized carbons (Fsp3) is 0.688. The van der Waals surface area contributed by atoms with Gasteiger partial charge in [0.25, 0.3) is 0 Å². The minimum Gasteiger partial charge on any atom is -0.340 e. The zero-order chi connectivity index (χ0) is 16.2. The summed E-state index contributed by atoms with van der Waals surface area (Å²) >= 11 is 1.77. The highest BCUT2D eigenvalue weighted by atomic mass is 32.1. The Balaban J connectivity index is 1.51. The van der Waals surface area contributed by atoms with E-state index in [-0.39, 0.29) is 0 Å². The first-order chi connectivity index (χ1) is 11.1. The molecule has 1 atom stereocenters. The third-order valence-electron chi connectivity index (χ3n) is 4.40. The number of aryl methyl sites for hydroxylation is 2. The number of thiazole rings is 1. The van der Waals surface area contributed by atoms with Crippen molar-refractivity contribution in [1.82, 2.24) is 24.9 Å². The van der Waals surface area contributed by atoms with Crippen LogP contribution in [0.2, 0.25) is 0 Å². The van der Waals surface area contributed by atoms with Gasteiger partial charge in [0.15, 0.2) is 5.82 Å². The third kappa shape index (κ3) is 4.59. The van der Waals surface area contributed by atoms with E-state index in [4.69, 9.17) is 4.52 Å². The van der Waals surface area contributed by atoms with Crippen LogP contribution < -0.4 is 0 Å². The van der Waals surface area contributed by atoms with Gasteiger partial charge in [-0.3, -0.25) is 9.80 Å². The molecular weight excluding hydrogens is 310 g/mol. The van der Waals surface area contributed by atoms with Crippen LogP contribution in [0.25, 0.3) is 0 Å². The van der Waals surface area contributed by atoms with Crippen molar-refractivity contribution in [1.29, 1.82) is 0 Å². The summed E-state index contributed by atoms with van der Waals surface area (Å²) < 4.78 is 5.06. The summed E-state index contributed by atoms with van der Waals surface area (Å²) in [4.78, 5) is 13.8. The van der Waals surface area contributed by atoms with Gasteiger partial charge in [-0.25, -0.2) is 4.98 Å².